The zero-order chi connectivity index (χ0) is 20.4. The van der Waals surface area contributed by atoms with Gasteiger partial charge in [-0.3, -0.25) is 19.3 Å². The monoisotopic (exact) mass is 387 g/mol. The third-order valence-electron chi connectivity index (χ3n) is 3.59. The molecule has 0 aromatic heterocycles. The highest BCUT2D eigenvalue weighted by atomic mass is 19.4. The van der Waals surface area contributed by atoms with Crippen molar-refractivity contribution in [2.24, 2.45) is 0 Å². The number of hydrogen-bond donors (Lipinski definition) is 2. The molecule has 146 valence electrons. The van der Waals surface area contributed by atoms with Crippen LogP contribution < -0.4 is 10.6 Å². The Morgan fingerprint density at radius 3 is 2.26 bits per heavy atom. The lowest BCUT2D eigenvalue weighted by molar-refractivity contribution is -0.150. The van der Waals surface area contributed by atoms with E-state index in [0.717, 1.165) is 24.3 Å². The Kier molecular flexibility index (Phi) is 5.43. The predicted molar refractivity (Wildman–Crippen MR) is 85.4 cm³/mol. The molecule has 1 aliphatic heterocycles. The number of rotatable bonds is 5. The average Bonchev–Trinajstić information content (AvgIpc) is 2.74. The van der Waals surface area contributed by atoms with Gasteiger partial charge >= 0.3 is 18.2 Å². The van der Waals surface area contributed by atoms with E-state index in [-0.39, 0.29) is 5.69 Å². The summed E-state index contributed by atoms with van der Waals surface area (Å²) in [5.74, 6) is -2.39. The number of esters is 1. The first-order chi connectivity index (χ1) is 12.4. The molecule has 0 saturated carbocycles. The van der Waals surface area contributed by atoms with Gasteiger partial charge in [-0.2, -0.15) is 13.2 Å². The summed E-state index contributed by atoms with van der Waals surface area (Å²) in [4.78, 5) is 47.6. The van der Waals surface area contributed by atoms with E-state index in [9.17, 15) is 32.3 Å². The van der Waals surface area contributed by atoms with Crippen LogP contribution in [0.1, 0.15) is 19.4 Å². The fraction of sp³-hybridized carbons (Fsp3) is 0.375. The van der Waals surface area contributed by atoms with Crippen molar-refractivity contribution >= 4 is 29.5 Å². The number of nitrogens with one attached hydrogen (secondary N) is 2. The summed E-state index contributed by atoms with van der Waals surface area (Å²) in [7, 11) is 0. The fourth-order valence-electron chi connectivity index (χ4n) is 2.22. The third-order valence-corrected chi connectivity index (χ3v) is 3.59. The smallest absolute Gasteiger partial charge is 0.416 e. The molecule has 0 bridgehead atoms. The van der Waals surface area contributed by atoms with Gasteiger partial charge in [-0.05, 0) is 38.1 Å². The van der Waals surface area contributed by atoms with Crippen LogP contribution in [0.5, 0.6) is 0 Å². The highest BCUT2D eigenvalue weighted by molar-refractivity contribution is 6.08. The van der Waals surface area contributed by atoms with Crippen LogP contribution in [0.3, 0.4) is 0 Å². The summed E-state index contributed by atoms with van der Waals surface area (Å²) < 4.78 is 42.1. The number of anilines is 1. The molecule has 1 aliphatic rings. The van der Waals surface area contributed by atoms with Gasteiger partial charge in [0.2, 0.25) is 0 Å². The van der Waals surface area contributed by atoms with Crippen LogP contribution in [-0.4, -0.2) is 47.4 Å². The number of hydrogen-bond acceptors (Lipinski definition) is 5. The second-order valence-corrected chi connectivity index (χ2v) is 6.23. The van der Waals surface area contributed by atoms with Gasteiger partial charge in [0.1, 0.15) is 12.1 Å². The molecule has 0 radical (unpaired) electrons. The molecule has 8 nitrogen and oxygen atoms in total. The average molecular weight is 387 g/mol. The molecule has 1 saturated heterocycles. The van der Waals surface area contributed by atoms with Crippen molar-refractivity contribution in [3.05, 3.63) is 29.8 Å². The van der Waals surface area contributed by atoms with E-state index in [0.29, 0.717) is 4.90 Å². The SMILES string of the molecule is CC1(C)NC(=O)N(CC(=O)OCC(=O)Nc2ccc(C(F)(F)F)cc2)C1=O. The van der Waals surface area contributed by atoms with Crippen molar-refractivity contribution in [2.75, 3.05) is 18.5 Å². The zero-order valence-corrected chi connectivity index (χ0v) is 14.3. The molecule has 1 heterocycles. The van der Waals surface area contributed by atoms with E-state index in [1.165, 1.54) is 13.8 Å². The second-order valence-electron chi connectivity index (χ2n) is 6.23. The van der Waals surface area contributed by atoms with Gasteiger partial charge in [0.15, 0.2) is 6.61 Å². The van der Waals surface area contributed by atoms with Gasteiger partial charge in [-0.25, -0.2) is 4.79 Å². The van der Waals surface area contributed by atoms with E-state index in [1.54, 1.807) is 0 Å². The number of benzene rings is 1. The van der Waals surface area contributed by atoms with Gasteiger partial charge < -0.3 is 15.4 Å². The first-order valence-corrected chi connectivity index (χ1v) is 7.67. The Labute approximate surface area is 151 Å². The molecule has 2 rings (SSSR count). The summed E-state index contributed by atoms with van der Waals surface area (Å²) in [6.07, 6.45) is -4.49. The van der Waals surface area contributed by atoms with Crippen molar-refractivity contribution in [2.45, 2.75) is 25.6 Å². The Hall–Kier alpha value is -3.11. The third kappa shape index (κ3) is 4.96. The molecule has 27 heavy (non-hydrogen) atoms. The van der Waals surface area contributed by atoms with E-state index < -0.39 is 54.2 Å². The van der Waals surface area contributed by atoms with E-state index in [4.69, 9.17) is 0 Å². The standard InChI is InChI=1S/C16H16F3N3O5/c1-15(2)13(25)22(14(26)21-15)7-12(24)27-8-11(23)20-10-5-3-9(4-6-10)16(17,18)19/h3-6H,7-8H2,1-2H3,(H,20,23)(H,21,26). The summed E-state index contributed by atoms with van der Waals surface area (Å²) in [5.41, 5.74) is -1.93. The molecule has 0 spiro atoms. The Balaban J connectivity index is 1.82. The van der Waals surface area contributed by atoms with E-state index in [2.05, 4.69) is 15.4 Å². The van der Waals surface area contributed by atoms with Crippen molar-refractivity contribution in [1.29, 1.82) is 0 Å². The highest BCUT2D eigenvalue weighted by Crippen LogP contribution is 2.29. The largest absolute Gasteiger partial charge is 0.454 e. The molecular formula is C16H16F3N3O5. The first-order valence-electron chi connectivity index (χ1n) is 7.67. The molecule has 2 N–H and O–H groups in total. The summed E-state index contributed by atoms with van der Waals surface area (Å²) >= 11 is 0. The second kappa shape index (κ2) is 7.25. The van der Waals surface area contributed by atoms with Crippen molar-refractivity contribution in [1.82, 2.24) is 10.2 Å². The number of ether oxygens (including phenoxy) is 1. The van der Waals surface area contributed by atoms with E-state index >= 15 is 0 Å². The Morgan fingerprint density at radius 1 is 1.19 bits per heavy atom. The topological polar surface area (TPSA) is 105 Å². The van der Waals surface area contributed by atoms with Crippen LogP contribution in [-0.2, 0) is 25.3 Å². The summed E-state index contributed by atoms with van der Waals surface area (Å²) in [6.45, 7) is 1.54. The number of imide groups is 1. The molecule has 0 unspecified atom stereocenters. The Bertz CT molecular complexity index is 775. The van der Waals surface area contributed by atoms with Crippen LogP contribution in [0.15, 0.2) is 24.3 Å². The molecule has 1 fully saturated rings. The van der Waals surface area contributed by atoms with Crippen LogP contribution in [0.4, 0.5) is 23.7 Å². The fourth-order valence-corrected chi connectivity index (χ4v) is 2.22. The molecule has 1 aromatic carbocycles. The van der Waals surface area contributed by atoms with Crippen molar-refractivity contribution in [3.63, 3.8) is 0 Å². The lowest BCUT2D eigenvalue weighted by atomic mass is 10.1. The molecule has 0 aliphatic carbocycles. The van der Waals surface area contributed by atoms with Crippen LogP contribution in [0.25, 0.3) is 0 Å². The summed E-state index contributed by atoms with van der Waals surface area (Å²) in [6, 6.07) is 2.94. The predicted octanol–water partition coefficient (Wildman–Crippen LogP) is 1.52. The van der Waals surface area contributed by atoms with Crippen LogP contribution in [0.2, 0.25) is 0 Å². The number of halogens is 3. The lowest BCUT2D eigenvalue weighted by Gasteiger charge is -2.15. The van der Waals surface area contributed by atoms with Gasteiger partial charge in [-0.15, -0.1) is 0 Å². The number of alkyl halides is 3. The minimum atomic E-state index is -4.49. The maximum atomic E-state index is 12.5. The number of carbonyl (C=O) groups excluding carboxylic acids is 4. The van der Waals surface area contributed by atoms with Crippen LogP contribution in [0, 0.1) is 0 Å². The quantitative estimate of drug-likeness (QED) is 0.589. The van der Waals surface area contributed by atoms with Crippen molar-refractivity contribution < 1.29 is 37.1 Å². The number of amides is 4. The van der Waals surface area contributed by atoms with Gasteiger partial charge in [-0.1, -0.05) is 0 Å². The molecule has 1 aromatic rings. The summed E-state index contributed by atoms with van der Waals surface area (Å²) in [5, 5.41) is 4.64. The minimum absolute atomic E-state index is 0.0832. The molecule has 4 amide bonds. The van der Waals surface area contributed by atoms with Crippen molar-refractivity contribution in [3.8, 4) is 0 Å². The van der Waals surface area contributed by atoms with Gasteiger partial charge in [0, 0.05) is 5.69 Å². The minimum Gasteiger partial charge on any atom is -0.454 e. The maximum absolute atomic E-state index is 12.5. The van der Waals surface area contributed by atoms with Gasteiger partial charge in [0.25, 0.3) is 11.8 Å². The van der Waals surface area contributed by atoms with Crippen LogP contribution >= 0.6 is 0 Å². The lowest BCUT2D eigenvalue weighted by Crippen LogP contribution is -2.41. The first kappa shape index (κ1) is 20.2. The molecule has 11 heteroatoms. The number of carbonyl (C=O) groups is 4. The molecular weight excluding hydrogens is 371 g/mol. The van der Waals surface area contributed by atoms with Gasteiger partial charge in [0.05, 0.1) is 5.56 Å². The molecule has 0 atom stereocenters. The Morgan fingerprint density at radius 2 is 1.78 bits per heavy atom. The number of nitrogens with zero attached hydrogens (tertiary/aromatic N) is 1. The highest BCUT2D eigenvalue weighted by Gasteiger charge is 2.45. The van der Waals surface area contributed by atoms with E-state index in [1.807, 2.05) is 0 Å². The zero-order valence-electron chi connectivity index (χ0n) is 14.3. The number of urea groups is 1. The maximum Gasteiger partial charge on any atom is 0.416 e. The normalized spacial score (nSPS) is 16.1.